The number of anilines is 1. The number of nitrogens with one attached hydrogen (secondary N) is 1. The van der Waals surface area contributed by atoms with Gasteiger partial charge in [0.15, 0.2) is 0 Å². The molecule has 0 aliphatic rings. The second kappa shape index (κ2) is 6.93. The number of benzene rings is 1. The van der Waals surface area contributed by atoms with E-state index in [-0.39, 0.29) is 36.1 Å². The van der Waals surface area contributed by atoms with Gasteiger partial charge in [0.25, 0.3) is 0 Å². The number of nitrogens with two attached hydrogens (primary N) is 2. The Kier molecular flexibility index (Phi) is 6.29. The summed E-state index contributed by atoms with van der Waals surface area (Å²) in [6.07, 6.45) is 0.0697. The molecule has 0 aliphatic heterocycles. The Morgan fingerprint density at radius 1 is 1.44 bits per heavy atom. The van der Waals surface area contributed by atoms with Gasteiger partial charge in [0.1, 0.15) is 5.82 Å². The van der Waals surface area contributed by atoms with Crippen LogP contribution in [-0.2, 0) is 4.79 Å². The van der Waals surface area contributed by atoms with E-state index in [1.807, 2.05) is 0 Å². The molecule has 0 aromatic heterocycles. The molecule has 1 aromatic carbocycles. The average Bonchev–Trinajstić information content (AvgIpc) is 2.19. The molecule has 5 N–H and O–H groups in total. The van der Waals surface area contributed by atoms with Crippen LogP contribution < -0.4 is 16.8 Å². The fraction of sp³-hybridized carbons (Fsp3) is 0.273. The summed E-state index contributed by atoms with van der Waals surface area (Å²) in [5.74, 6) is -1.73. The van der Waals surface area contributed by atoms with E-state index in [0.717, 1.165) is 6.07 Å². The lowest BCUT2D eigenvalue weighted by molar-refractivity contribution is -0.116. The highest BCUT2D eigenvalue weighted by Gasteiger charge is 2.11. The van der Waals surface area contributed by atoms with Crippen LogP contribution in [0.5, 0.6) is 0 Å². The fourth-order valence-electron chi connectivity index (χ4n) is 1.27. The lowest BCUT2D eigenvalue weighted by atomic mass is 10.1. The van der Waals surface area contributed by atoms with Crippen LogP contribution >= 0.6 is 12.4 Å². The average molecular weight is 276 g/mol. The molecule has 2 amide bonds. The topological polar surface area (TPSA) is 98.2 Å². The molecular weight excluding hydrogens is 261 g/mol. The van der Waals surface area contributed by atoms with Crippen molar-refractivity contribution in [2.24, 2.45) is 11.5 Å². The van der Waals surface area contributed by atoms with Gasteiger partial charge in [-0.25, -0.2) is 4.39 Å². The number of carbonyl (C=O) groups excluding carboxylic acids is 2. The van der Waals surface area contributed by atoms with Gasteiger partial charge in [-0.3, -0.25) is 9.59 Å². The van der Waals surface area contributed by atoms with Crippen molar-refractivity contribution in [3.8, 4) is 0 Å². The van der Waals surface area contributed by atoms with Gasteiger partial charge in [0.2, 0.25) is 11.8 Å². The van der Waals surface area contributed by atoms with Crippen molar-refractivity contribution in [1.29, 1.82) is 0 Å². The van der Waals surface area contributed by atoms with Crippen LogP contribution in [0.1, 0.15) is 23.7 Å². The van der Waals surface area contributed by atoms with Crippen LogP contribution in [0.25, 0.3) is 0 Å². The summed E-state index contributed by atoms with van der Waals surface area (Å²) in [6.45, 7) is 1.66. The van der Waals surface area contributed by atoms with Gasteiger partial charge in [0, 0.05) is 18.0 Å². The standard InChI is InChI=1S/C11H14FN3O2.ClH/c1-6(13)4-10(16)15-9-5-7(11(14)17)2-3-8(9)12;/h2-3,5-6H,4,13H2,1H3,(H2,14,17)(H,15,16);1H. The third kappa shape index (κ3) is 4.68. The van der Waals surface area contributed by atoms with Crippen molar-refractivity contribution >= 4 is 29.9 Å². The Bertz CT molecular complexity index is 452. The summed E-state index contributed by atoms with van der Waals surface area (Å²) in [4.78, 5) is 22.3. The number of carbonyl (C=O) groups is 2. The molecule has 0 saturated carbocycles. The summed E-state index contributed by atoms with van der Waals surface area (Å²) in [5.41, 5.74) is 10.5. The molecule has 0 heterocycles. The van der Waals surface area contributed by atoms with Crippen LogP contribution in [0.2, 0.25) is 0 Å². The lowest BCUT2D eigenvalue weighted by Crippen LogP contribution is -2.24. The number of halogens is 2. The SMILES string of the molecule is CC(N)CC(=O)Nc1cc(C(N)=O)ccc1F.Cl. The molecule has 0 spiro atoms. The summed E-state index contributed by atoms with van der Waals surface area (Å²) in [5, 5.41) is 2.34. The number of amides is 2. The molecule has 1 rings (SSSR count). The van der Waals surface area contributed by atoms with Crippen molar-refractivity contribution < 1.29 is 14.0 Å². The second-order valence-corrected chi connectivity index (χ2v) is 3.79. The number of rotatable bonds is 4. The predicted octanol–water partition coefficient (Wildman–Crippen LogP) is 1.02. The highest BCUT2D eigenvalue weighted by atomic mass is 35.5. The van der Waals surface area contributed by atoms with E-state index in [9.17, 15) is 14.0 Å². The normalized spacial score (nSPS) is 11.3. The molecular formula is C11H15ClFN3O2. The Morgan fingerprint density at radius 3 is 2.56 bits per heavy atom. The van der Waals surface area contributed by atoms with E-state index in [0.29, 0.717) is 0 Å². The van der Waals surface area contributed by atoms with Gasteiger partial charge in [-0.15, -0.1) is 12.4 Å². The summed E-state index contributed by atoms with van der Waals surface area (Å²) in [7, 11) is 0. The van der Waals surface area contributed by atoms with Crippen molar-refractivity contribution in [1.82, 2.24) is 0 Å². The molecule has 18 heavy (non-hydrogen) atoms. The first kappa shape index (κ1) is 16.3. The van der Waals surface area contributed by atoms with E-state index < -0.39 is 17.6 Å². The molecule has 0 fully saturated rings. The molecule has 1 atom stereocenters. The Morgan fingerprint density at radius 2 is 2.06 bits per heavy atom. The first-order chi connectivity index (χ1) is 7.90. The van der Waals surface area contributed by atoms with Crippen molar-refractivity contribution in [2.75, 3.05) is 5.32 Å². The summed E-state index contributed by atoms with van der Waals surface area (Å²) in [6, 6.07) is 3.19. The van der Waals surface area contributed by atoms with E-state index in [1.165, 1.54) is 12.1 Å². The van der Waals surface area contributed by atoms with E-state index in [4.69, 9.17) is 11.5 Å². The van der Waals surface area contributed by atoms with Crippen molar-refractivity contribution in [3.05, 3.63) is 29.6 Å². The van der Waals surface area contributed by atoms with Gasteiger partial charge in [-0.1, -0.05) is 0 Å². The third-order valence-electron chi connectivity index (χ3n) is 2.03. The van der Waals surface area contributed by atoms with Crippen LogP contribution in [0.3, 0.4) is 0 Å². The molecule has 0 aliphatic carbocycles. The smallest absolute Gasteiger partial charge is 0.248 e. The Hall–Kier alpha value is -1.66. The first-order valence-electron chi connectivity index (χ1n) is 5.05. The number of hydrogen-bond acceptors (Lipinski definition) is 3. The number of hydrogen-bond donors (Lipinski definition) is 3. The van der Waals surface area contributed by atoms with E-state index in [1.54, 1.807) is 6.92 Å². The van der Waals surface area contributed by atoms with Gasteiger partial charge in [-0.05, 0) is 25.1 Å². The molecule has 7 heteroatoms. The van der Waals surface area contributed by atoms with Crippen molar-refractivity contribution in [3.63, 3.8) is 0 Å². The van der Waals surface area contributed by atoms with Gasteiger partial charge >= 0.3 is 0 Å². The summed E-state index contributed by atoms with van der Waals surface area (Å²) < 4.78 is 13.3. The molecule has 1 aromatic rings. The first-order valence-corrected chi connectivity index (χ1v) is 5.05. The molecule has 0 bridgehead atoms. The van der Waals surface area contributed by atoms with Crippen LogP contribution in [0.4, 0.5) is 10.1 Å². The lowest BCUT2D eigenvalue weighted by Gasteiger charge is -2.09. The highest BCUT2D eigenvalue weighted by molar-refractivity contribution is 5.96. The van der Waals surface area contributed by atoms with Gasteiger partial charge in [-0.2, -0.15) is 0 Å². The summed E-state index contributed by atoms with van der Waals surface area (Å²) >= 11 is 0. The predicted molar refractivity (Wildman–Crippen MR) is 69.1 cm³/mol. The Labute approximate surface area is 110 Å². The molecule has 0 saturated heterocycles. The molecule has 0 radical (unpaired) electrons. The van der Waals surface area contributed by atoms with Crippen LogP contribution in [0.15, 0.2) is 18.2 Å². The zero-order valence-electron chi connectivity index (χ0n) is 9.77. The zero-order chi connectivity index (χ0) is 13.0. The third-order valence-corrected chi connectivity index (χ3v) is 2.03. The maximum absolute atomic E-state index is 13.3. The quantitative estimate of drug-likeness (QED) is 0.765. The minimum atomic E-state index is -0.687. The minimum absolute atomic E-state index is 0. The van der Waals surface area contributed by atoms with Gasteiger partial charge in [0.05, 0.1) is 5.69 Å². The number of primary amides is 1. The minimum Gasteiger partial charge on any atom is -0.366 e. The maximum atomic E-state index is 13.3. The van der Waals surface area contributed by atoms with Gasteiger partial charge < -0.3 is 16.8 Å². The molecule has 100 valence electrons. The molecule has 5 nitrogen and oxygen atoms in total. The van der Waals surface area contributed by atoms with Crippen molar-refractivity contribution in [2.45, 2.75) is 19.4 Å². The largest absolute Gasteiger partial charge is 0.366 e. The van der Waals surface area contributed by atoms with Crippen LogP contribution in [-0.4, -0.2) is 17.9 Å². The fourth-order valence-corrected chi connectivity index (χ4v) is 1.27. The van der Waals surface area contributed by atoms with E-state index >= 15 is 0 Å². The monoisotopic (exact) mass is 275 g/mol. The van der Waals surface area contributed by atoms with E-state index in [2.05, 4.69) is 5.32 Å². The highest BCUT2D eigenvalue weighted by Crippen LogP contribution is 2.16. The zero-order valence-corrected chi connectivity index (χ0v) is 10.6. The second-order valence-electron chi connectivity index (χ2n) is 3.79. The van der Waals surface area contributed by atoms with Crippen LogP contribution in [0, 0.1) is 5.82 Å². The maximum Gasteiger partial charge on any atom is 0.248 e. The molecule has 1 unspecified atom stereocenters. The Balaban J connectivity index is 0.00000289.